The molecule has 0 atom stereocenters. The maximum absolute atomic E-state index is 8.89. The van der Waals surface area contributed by atoms with Gasteiger partial charge in [-0.1, -0.05) is 107 Å². The molecule has 0 aromatic heterocycles. The summed E-state index contributed by atoms with van der Waals surface area (Å²) in [5.41, 5.74) is 0. The van der Waals surface area contributed by atoms with E-state index < -0.39 is 12.4 Å². The highest BCUT2D eigenvalue weighted by Gasteiger charge is 2.25. The van der Waals surface area contributed by atoms with Crippen LogP contribution in [0, 0.1) is 0 Å². The Hall–Kier alpha value is -1.14. The minimum Gasteiger partial charge on any atom is -0.554 e. The Bertz CT molecular complexity index is 399. The zero-order valence-corrected chi connectivity index (χ0v) is 29.6. The van der Waals surface area contributed by atoms with Gasteiger partial charge in [-0.15, -0.1) is 0 Å². The molecule has 6 heteroatoms. The number of hydrogen-bond donors (Lipinski definition) is 0. The summed E-state index contributed by atoms with van der Waals surface area (Å²) in [6.45, 7) is 30.5. The number of nitrogens with zero attached hydrogens (tertiary/aromatic N) is 2. The quantitative estimate of drug-likeness (QED) is 0.0887. The van der Waals surface area contributed by atoms with E-state index in [9.17, 15) is 0 Å². The van der Waals surface area contributed by atoms with Crippen LogP contribution in [0.25, 0.3) is 0 Å². The Morgan fingerprint density at radius 3 is 0.634 bits per heavy atom. The Morgan fingerprint density at radius 1 is 0.463 bits per heavy atom. The molecule has 0 fully saturated rings. The van der Waals surface area contributed by atoms with Crippen LogP contribution in [-0.4, -0.2) is 73.8 Å². The summed E-state index contributed by atoms with van der Waals surface area (Å²) in [6.07, 6.45) is 22.1. The number of carboxylic acids is 1. The van der Waals surface area contributed by atoms with E-state index in [1.165, 1.54) is 164 Å². The first-order valence-electron chi connectivity index (χ1n) is 17.6. The van der Waals surface area contributed by atoms with Gasteiger partial charge < -0.3 is 28.8 Å². The van der Waals surface area contributed by atoms with Crippen molar-refractivity contribution >= 4 is 12.4 Å². The smallest absolute Gasteiger partial charge is 0.0786 e. The second-order valence-corrected chi connectivity index (χ2v) is 11.9. The van der Waals surface area contributed by atoms with Crippen molar-refractivity contribution in [3.05, 3.63) is 0 Å². The van der Waals surface area contributed by atoms with Crippen molar-refractivity contribution in [3.8, 4) is 0 Å². The first-order valence-corrected chi connectivity index (χ1v) is 17.6. The lowest BCUT2D eigenvalue weighted by Crippen LogP contribution is -2.50. The molecule has 0 N–H and O–H groups in total. The number of carbonyl (C=O) groups is 2. The third-order valence-corrected chi connectivity index (χ3v) is 7.89. The molecule has 6 nitrogen and oxygen atoms in total. The average molecular weight is 589 g/mol. The largest absolute Gasteiger partial charge is 0.554 e. The molecule has 0 unspecified atom stereocenters. The van der Waals surface area contributed by atoms with Crippen molar-refractivity contribution in [2.24, 2.45) is 0 Å². The van der Waals surface area contributed by atoms with Crippen LogP contribution in [0.15, 0.2) is 0 Å². The van der Waals surface area contributed by atoms with Gasteiger partial charge in [0.15, 0.2) is 0 Å². The van der Waals surface area contributed by atoms with E-state index in [-0.39, 0.29) is 0 Å². The second kappa shape index (κ2) is 36.9. The van der Waals surface area contributed by atoms with Crippen molar-refractivity contribution < 1.29 is 28.8 Å². The topological polar surface area (TPSA) is 80.3 Å². The van der Waals surface area contributed by atoms with E-state index in [1.54, 1.807) is 0 Å². The van der Waals surface area contributed by atoms with Gasteiger partial charge in [-0.3, -0.25) is 0 Å². The van der Waals surface area contributed by atoms with Crippen molar-refractivity contribution in [3.63, 3.8) is 0 Å². The number of carboxylic acid groups (broad SMARTS) is 2. The summed E-state index contributed by atoms with van der Waals surface area (Å²) >= 11 is 0. The summed E-state index contributed by atoms with van der Waals surface area (Å²) in [5.74, 6) is -1.08. The minimum absolute atomic E-state index is 0.500. The zero-order valence-electron chi connectivity index (χ0n) is 29.6. The predicted molar refractivity (Wildman–Crippen MR) is 175 cm³/mol. The van der Waals surface area contributed by atoms with Crippen LogP contribution in [0.1, 0.15) is 165 Å². The van der Waals surface area contributed by atoms with Crippen molar-refractivity contribution in [1.29, 1.82) is 0 Å². The Labute approximate surface area is 258 Å². The van der Waals surface area contributed by atoms with Crippen molar-refractivity contribution in [2.75, 3.05) is 52.4 Å². The highest BCUT2D eigenvalue weighted by molar-refractivity contribution is 5.60. The van der Waals surface area contributed by atoms with E-state index in [0.29, 0.717) is 0 Å². The average Bonchev–Trinajstić information content (AvgIpc) is 2.96. The second-order valence-electron chi connectivity index (χ2n) is 11.9. The Balaban J connectivity index is -0.000000271. The van der Waals surface area contributed by atoms with Gasteiger partial charge in [0.05, 0.1) is 52.4 Å². The first-order chi connectivity index (χ1) is 19.6. The molecular formula is C35H76N2O4. The van der Waals surface area contributed by atoms with E-state index in [2.05, 4.69) is 55.4 Å². The van der Waals surface area contributed by atoms with Crippen molar-refractivity contribution in [2.45, 2.75) is 165 Å². The third-order valence-electron chi connectivity index (χ3n) is 7.89. The molecule has 0 aromatic carbocycles. The van der Waals surface area contributed by atoms with Gasteiger partial charge in [-0.25, -0.2) is 0 Å². The number of hydrogen-bond acceptors (Lipinski definition) is 4. The fourth-order valence-corrected chi connectivity index (χ4v) is 5.29. The molecule has 0 rings (SSSR count). The minimum atomic E-state index is -1.08. The normalized spacial score (nSPS) is 10.9. The summed E-state index contributed by atoms with van der Waals surface area (Å²) in [6, 6.07) is 0. The molecule has 0 saturated carbocycles. The number of rotatable bonds is 24. The van der Waals surface area contributed by atoms with Crippen LogP contribution in [0.2, 0.25) is 0 Å². The fraction of sp³-hybridized carbons (Fsp3) is 0.943. The van der Waals surface area contributed by atoms with E-state index in [0.717, 1.165) is 6.92 Å². The summed E-state index contributed by atoms with van der Waals surface area (Å²) < 4.78 is 2.84. The lowest BCUT2D eigenvalue weighted by molar-refractivity contribution is -0.929. The molecule has 0 aliphatic rings. The molecule has 0 heterocycles. The first kappa shape index (κ1) is 46.8. The fourth-order valence-electron chi connectivity index (χ4n) is 5.29. The van der Waals surface area contributed by atoms with Crippen LogP contribution in [-0.2, 0) is 9.59 Å². The molecule has 0 amide bonds. The van der Waals surface area contributed by atoms with Gasteiger partial charge in [-0.05, 0) is 58.3 Å². The lowest BCUT2D eigenvalue weighted by atomic mass is 10.1. The third kappa shape index (κ3) is 35.0. The van der Waals surface area contributed by atoms with Crippen LogP contribution < -0.4 is 10.2 Å². The molecule has 0 radical (unpaired) electrons. The van der Waals surface area contributed by atoms with Gasteiger partial charge in [0.1, 0.15) is 0 Å². The van der Waals surface area contributed by atoms with Gasteiger partial charge in [0, 0.05) is 12.4 Å². The molecule has 0 bridgehead atoms. The molecular weight excluding hydrogens is 512 g/mol. The standard InChI is InChI=1S/2C16H36N.C2H4O2.CH2O2/c2*1-5-9-13-17(14-10-6-2,15-11-7-3)16-12-8-4;1-2(3)4;2-1-3/h2*5-16H2,1-4H3;1H3,(H,3,4);1H,(H,2,3)/q2*+1;;/p-2. The van der Waals surface area contributed by atoms with E-state index in [1.807, 2.05) is 0 Å². The Kier molecular flexibility index (Phi) is 42.1. The highest BCUT2D eigenvalue weighted by Crippen LogP contribution is 2.17. The number of aliphatic carboxylic acids is 1. The highest BCUT2D eigenvalue weighted by atomic mass is 16.4. The van der Waals surface area contributed by atoms with Crippen LogP contribution in [0.3, 0.4) is 0 Å². The lowest BCUT2D eigenvalue weighted by Gasteiger charge is -2.39. The Morgan fingerprint density at radius 2 is 0.561 bits per heavy atom. The SMILES string of the molecule is CC(=O)[O-].CCCC[N+](CCCC)(CCCC)CCCC.CCCC[N+](CCCC)(CCCC)CCCC.O=C[O-]. The van der Waals surface area contributed by atoms with E-state index >= 15 is 0 Å². The number of quaternary nitrogens is 2. The molecule has 0 aromatic rings. The zero-order chi connectivity index (χ0) is 32.3. The monoisotopic (exact) mass is 589 g/mol. The molecule has 0 spiro atoms. The number of unbranched alkanes of at least 4 members (excludes halogenated alkanes) is 8. The molecule has 41 heavy (non-hydrogen) atoms. The van der Waals surface area contributed by atoms with Gasteiger partial charge >= 0.3 is 0 Å². The summed E-state index contributed by atoms with van der Waals surface area (Å²) in [5, 5.41) is 17.1. The van der Waals surface area contributed by atoms with Gasteiger partial charge in [0.2, 0.25) is 0 Å². The maximum Gasteiger partial charge on any atom is 0.0786 e. The summed E-state index contributed by atoms with van der Waals surface area (Å²) in [7, 11) is 0. The molecule has 0 aliphatic heterocycles. The van der Waals surface area contributed by atoms with Crippen LogP contribution in [0.5, 0.6) is 0 Å². The molecule has 0 saturated heterocycles. The molecule has 0 aliphatic carbocycles. The summed E-state index contributed by atoms with van der Waals surface area (Å²) in [4.78, 5) is 17.1. The predicted octanol–water partition coefficient (Wildman–Crippen LogP) is 7.13. The van der Waals surface area contributed by atoms with Gasteiger partial charge in [-0.2, -0.15) is 0 Å². The van der Waals surface area contributed by atoms with Crippen LogP contribution in [0.4, 0.5) is 0 Å². The van der Waals surface area contributed by atoms with Gasteiger partial charge in [0.25, 0.3) is 0 Å². The van der Waals surface area contributed by atoms with E-state index in [4.69, 9.17) is 19.8 Å². The van der Waals surface area contributed by atoms with Crippen LogP contribution >= 0.6 is 0 Å². The maximum atomic E-state index is 8.89. The number of carbonyl (C=O) groups excluding carboxylic acids is 2. The van der Waals surface area contributed by atoms with Crippen molar-refractivity contribution in [1.82, 2.24) is 0 Å². The molecule has 250 valence electrons.